The fourth-order valence-electron chi connectivity index (χ4n) is 2.14. The number of nitrogens with zero attached hydrogens (tertiary/aromatic N) is 1. The van der Waals surface area contributed by atoms with Crippen LogP contribution in [0.3, 0.4) is 0 Å². The number of ether oxygens (including phenoxy) is 1. The van der Waals surface area contributed by atoms with Crippen molar-refractivity contribution in [3.63, 3.8) is 0 Å². The van der Waals surface area contributed by atoms with Crippen molar-refractivity contribution in [3.05, 3.63) is 55.3 Å². The monoisotopic (exact) mass is 377 g/mol. The average Bonchev–Trinajstić information content (AvgIpc) is 2.98. The zero-order chi connectivity index (χ0) is 19.4. The third-order valence-electron chi connectivity index (χ3n) is 3.84. The molecule has 0 bridgehead atoms. The summed E-state index contributed by atoms with van der Waals surface area (Å²) in [4.78, 5) is 35.0. The van der Waals surface area contributed by atoms with Gasteiger partial charge in [-0.2, -0.15) is 0 Å². The van der Waals surface area contributed by atoms with Crippen LogP contribution in [0.15, 0.2) is 24.3 Å². The summed E-state index contributed by atoms with van der Waals surface area (Å²) in [5, 5.41) is 10.8. The first-order valence-electron chi connectivity index (χ1n) is 7.78. The van der Waals surface area contributed by atoms with Gasteiger partial charge < -0.3 is 4.74 Å². The van der Waals surface area contributed by atoms with Crippen LogP contribution in [0.4, 0.5) is 5.69 Å². The van der Waals surface area contributed by atoms with Gasteiger partial charge in [-0.25, -0.2) is 0 Å². The molecule has 2 aromatic rings. The molecule has 138 valence electrons. The number of benzene rings is 1. The minimum atomic E-state index is -0.838. The number of aryl methyl sites for hydroxylation is 2. The van der Waals surface area contributed by atoms with Gasteiger partial charge in [0.05, 0.1) is 9.80 Å². The fraction of sp³-hybridized carbons (Fsp3) is 0.294. The number of hydrogen-bond donors (Lipinski definition) is 2. The fourth-order valence-corrected chi connectivity index (χ4v) is 3.03. The predicted molar refractivity (Wildman–Crippen MR) is 97.3 cm³/mol. The Morgan fingerprint density at radius 2 is 1.92 bits per heavy atom. The molecule has 0 spiro atoms. The lowest BCUT2D eigenvalue weighted by atomic mass is 10.1. The van der Waals surface area contributed by atoms with Gasteiger partial charge in [-0.1, -0.05) is 12.1 Å². The summed E-state index contributed by atoms with van der Waals surface area (Å²) in [7, 11) is 0. The number of nitro groups is 1. The van der Waals surface area contributed by atoms with Crippen LogP contribution >= 0.6 is 11.3 Å². The Bertz CT molecular complexity index is 862. The molecule has 8 nitrogen and oxygen atoms in total. The average molecular weight is 377 g/mol. The highest BCUT2D eigenvalue weighted by Gasteiger charge is 2.21. The first-order valence-corrected chi connectivity index (χ1v) is 8.60. The van der Waals surface area contributed by atoms with Crippen molar-refractivity contribution in [1.82, 2.24) is 10.9 Å². The molecule has 0 saturated carbocycles. The topological polar surface area (TPSA) is 111 Å². The van der Waals surface area contributed by atoms with E-state index in [4.69, 9.17) is 4.74 Å². The summed E-state index contributed by atoms with van der Waals surface area (Å²) < 4.78 is 5.63. The van der Waals surface area contributed by atoms with Gasteiger partial charge in [-0.3, -0.25) is 30.6 Å². The van der Waals surface area contributed by atoms with E-state index in [2.05, 4.69) is 10.9 Å². The summed E-state index contributed by atoms with van der Waals surface area (Å²) in [6, 6.07) is 6.71. The Balaban J connectivity index is 1.95. The van der Waals surface area contributed by atoms with Gasteiger partial charge in [-0.15, -0.1) is 11.3 Å². The maximum absolute atomic E-state index is 12.1. The van der Waals surface area contributed by atoms with Crippen molar-refractivity contribution >= 4 is 28.8 Å². The summed E-state index contributed by atoms with van der Waals surface area (Å²) in [5.41, 5.74) is 6.35. The van der Waals surface area contributed by atoms with E-state index in [-0.39, 0.29) is 10.6 Å². The highest BCUT2D eigenvalue weighted by atomic mass is 32.1. The molecule has 26 heavy (non-hydrogen) atoms. The zero-order valence-electron chi connectivity index (χ0n) is 14.8. The van der Waals surface area contributed by atoms with E-state index in [9.17, 15) is 19.7 Å². The van der Waals surface area contributed by atoms with Crippen LogP contribution in [-0.4, -0.2) is 22.8 Å². The molecular weight excluding hydrogens is 358 g/mol. The lowest BCUT2D eigenvalue weighted by Crippen LogP contribution is -2.47. The number of rotatable bonds is 5. The van der Waals surface area contributed by atoms with E-state index >= 15 is 0 Å². The minimum absolute atomic E-state index is 0.127. The molecule has 1 heterocycles. The van der Waals surface area contributed by atoms with Gasteiger partial charge in [-0.05, 0) is 44.9 Å². The van der Waals surface area contributed by atoms with E-state index in [0.717, 1.165) is 22.5 Å². The number of amides is 2. The smallest absolute Gasteiger partial charge is 0.283 e. The first kappa shape index (κ1) is 19.4. The van der Waals surface area contributed by atoms with Gasteiger partial charge >= 0.3 is 0 Å². The number of hydrogen-bond acceptors (Lipinski definition) is 6. The molecule has 9 heteroatoms. The minimum Gasteiger partial charge on any atom is -0.481 e. The Kier molecular flexibility index (Phi) is 5.93. The van der Waals surface area contributed by atoms with Crippen molar-refractivity contribution < 1.29 is 19.2 Å². The normalized spacial score (nSPS) is 11.5. The third kappa shape index (κ3) is 4.37. The van der Waals surface area contributed by atoms with Gasteiger partial charge in [0, 0.05) is 6.07 Å². The highest BCUT2D eigenvalue weighted by Crippen LogP contribution is 2.27. The van der Waals surface area contributed by atoms with Crippen LogP contribution in [0, 0.1) is 30.9 Å². The summed E-state index contributed by atoms with van der Waals surface area (Å²) in [6.07, 6.45) is -0.838. The number of nitrogens with one attached hydrogen (secondary N) is 2. The molecule has 0 aliphatic rings. The van der Waals surface area contributed by atoms with Crippen molar-refractivity contribution in [2.75, 3.05) is 0 Å². The second kappa shape index (κ2) is 7.96. The van der Waals surface area contributed by atoms with E-state index in [1.54, 1.807) is 19.9 Å². The highest BCUT2D eigenvalue weighted by molar-refractivity contribution is 7.14. The largest absolute Gasteiger partial charge is 0.481 e. The molecule has 0 fully saturated rings. The molecule has 1 aromatic carbocycles. The molecule has 0 aliphatic heterocycles. The quantitative estimate of drug-likeness (QED) is 0.615. The lowest BCUT2D eigenvalue weighted by molar-refractivity contribution is -0.385. The Morgan fingerprint density at radius 1 is 1.23 bits per heavy atom. The SMILES string of the molecule is Cc1cccc(OC(C)C(=O)NNC(=O)c2cc([N+](=O)[O-])c(C)s2)c1C. The van der Waals surface area contributed by atoms with Gasteiger partial charge in [0.1, 0.15) is 10.6 Å². The van der Waals surface area contributed by atoms with Crippen LogP contribution in [0.2, 0.25) is 0 Å². The first-order chi connectivity index (χ1) is 12.2. The van der Waals surface area contributed by atoms with Crippen LogP contribution in [-0.2, 0) is 4.79 Å². The second-order valence-electron chi connectivity index (χ2n) is 5.71. The second-order valence-corrected chi connectivity index (χ2v) is 6.97. The number of thiophene rings is 1. The van der Waals surface area contributed by atoms with Gasteiger partial charge in [0.15, 0.2) is 6.10 Å². The number of carbonyl (C=O) groups is 2. The maximum Gasteiger partial charge on any atom is 0.283 e. The number of hydrazine groups is 1. The molecule has 1 atom stereocenters. The standard InChI is InChI=1S/C17H19N3O5S/c1-9-6-5-7-14(10(9)2)25-11(3)16(21)18-19-17(22)15-8-13(20(23)24)12(4)26-15/h5-8,11H,1-4H3,(H,18,21)(H,19,22). The van der Waals surface area contributed by atoms with Gasteiger partial charge in [0.25, 0.3) is 17.5 Å². The summed E-state index contributed by atoms with van der Waals surface area (Å²) in [6.45, 7) is 6.94. The van der Waals surface area contributed by atoms with Crippen molar-refractivity contribution in [3.8, 4) is 5.75 Å². The molecule has 0 aliphatic carbocycles. The number of carbonyl (C=O) groups excluding carboxylic acids is 2. The molecular formula is C17H19N3O5S. The molecule has 0 saturated heterocycles. The third-order valence-corrected chi connectivity index (χ3v) is 4.88. The van der Waals surface area contributed by atoms with E-state index < -0.39 is 22.8 Å². The Labute approximate surface area is 154 Å². The van der Waals surface area contributed by atoms with Crippen molar-refractivity contribution in [2.24, 2.45) is 0 Å². The molecule has 2 N–H and O–H groups in total. The van der Waals surface area contributed by atoms with Crippen LogP contribution < -0.4 is 15.6 Å². The van der Waals surface area contributed by atoms with Gasteiger partial charge in [0.2, 0.25) is 0 Å². The summed E-state index contributed by atoms with van der Waals surface area (Å²) >= 11 is 0.981. The van der Waals surface area contributed by atoms with Crippen molar-refractivity contribution in [2.45, 2.75) is 33.8 Å². The Morgan fingerprint density at radius 3 is 2.54 bits per heavy atom. The Hall–Kier alpha value is -2.94. The van der Waals surface area contributed by atoms with Crippen LogP contribution in [0.25, 0.3) is 0 Å². The van der Waals surface area contributed by atoms with Crippen LogP contribution in [0.1, 0.15) is 32.6 Å². The molecule has 1 aromatic heterocycles. The lowest BCUT2D eigenvalue weighted by Gasteiger charge is -2.17. The van der Waals surface area contributed by atoms with Crippen molar-refractivity contribution in [1.29, 1.82) is 0 Å². The maximum atomic E-state index is 12.1. The van der Waals surface area contributed by atoms with Crippen LogP contribution in [0.5, 0.6) is 5.75 Å². The van der Waals surface area contributed by atoms with E-state index in [1.165, 1.54) is 6.07 Å². The van der Waals surface area contributed by atoms with E-state index in [1.807, 2.05) is 26.0 Å². The molecule has 0 radical (unpaired) electrons. The molecule has 2 rings (SSSR count). The predicted octanol–water partition coefficient (Wildman–Crippen LogP) is 2.81. The van der Waals surface area contributed by atoms with E-state index in [0.29, 0.717) is 10.6 Å². The summed E-state index contributed by atoms with van der Waals surface area (Å²) in [5.74, 6) is -0.580. The molecule has 1 unspecified atom stereocenters. The molecule has 2 amide bonds. The zero-order valence-corrected chi connectivity index (χ0v) is 15.6.